The van der Waals surface area contributed by atoms with Gasteiger partial charge in [0.2, 0.25) is 5.91 Å². The van der Waals surface area contributed by atoms with E-state index in [0.29, 0.717) is 15.7 Å². The minimum Gasteiger partial charge on any atom is -0.324 e. The Kier molecular flexibility index (Phi) is 6.72. The first-order chi connectivity index (χ1) is 14.4. The molecule has 0 fully saturated rings. The number of amides is 1. The lowest BCUT2D eigenvalue weighted by Gasteiger charge is -2.16. The van der Waals surface area contributed by atoms with Crippen molar-refractivity contribution < 1.29 is 4.79 Å². The minimum absolute atomic E-state index is 0.156. The lowest BCUT2D eigenvalue weighted by atomic mass is 9.95. The van der Waals surface area contributed by atoms with E-state index in [1.807, 2.05) is 11.3 Å². The van der Waals surface area contributed by atoms with Crippen molar-refractivity contribution in [3.05, 3.63) is 44.1 Å². The van der Waals surface area contributed by atoms with Crippen LogP contribution in [0.3, 0.4) is 0 Å². The topological polar surface area (TPSA) is 59.8 Å². The number of anilines is 1. The van der Waals surface area contributed by atoms with Crippen molar-refractivity contribution >= 4 is 57.9 Å². The van der Waals surface area contributed by atoms with E-state index in [2.05, 4.69) is 39.3 Å². The molecule has 1 N–H and O–H groups in total. The smallest absolute Gasteiger partial charge is 0.234 e. The molecule has 0 saturated carbocycles. The van der Waals surface area contributed by atoms with Gasteiger partial charge in [0.05, 0.1) is 16.5 Å². The first kappa shape index (κ1) is 21.7. The van der Waals surface area contributed by atoms with Crippen LogP contribution in [0.15, 0.2) is 28.7 Å². The molecular formula is C21H22Cl2N4OS2. The van der Waals surface area contributed by atoms with E-state index < -0.39 is 0 Å². The fourth-order valence-electron chi connectivity index (χ4n) is 3.61. The van der Waals surface area contributed by atoms with Crippen molar-refractivity contribution in [1.29, 1.82) is 0 Å². The van der Waals surface area contributed by atoms with Gasteiger partial charge >= 0.3 is 0 Å². The third-order valence-electron chi connectivity index (χ3n) is 5.02. The highest BCUT2D eigenvalue weighted by Gasteiger charge is 2.23. The molecule has 1 aromatic carbocycles. The van der Waals surface area contributed by atoms with E-state index in [1.165, 1.54) is 40.6 Å². The average Bonchev–Trinajstić information content (AvgIpc) is 3.32. The summed E-state index contributed by atoms with van der Waals surface area (Å²) in [5.41, 5.74) is 3.16. The molecule has 158 valence electrons. The molecule has 1 amide bonds. The van der Waals surface area contributed by atoms with E-state index in [0.717, 1.165) is 23.8 Å². The molecule has 0 unspecified atom stereocenters. The van der Waals surface area contributed by atoms with Gasteiger partial charge in [-0.2, -0.15) is 0 Å². The predicted octanol–water partition coefficient (Wildman–Crippen LogP) is 6.50. The summed E-state index contributed by atoms with van der Waals surface area (Å²) < 4.78 is 2.13. The molecule has 0 saturated heterocycles. The van der Waals surface area contributed by atoms with Crippen molar-refractivity contribution in [2.75, 3.05) is 11.1 Å². The second kappa shape index (κ2) is 9.30. The van der Waals surface area contributed by atoms with Crippen LogP contribution in [0.1, 0.15) is 43.2 Å². The van der Waals surface area contributed by atoms with E-state index in [4.69, 9.17) is 23.2 Å². The first-order valence-electron chi connectivity index (χ1n) is 9.86. The van der Waals surface area contributed by atoms with Gasteiger partial charge in [-0.05, 0) is 63.3 Å². The Hall–Kier alpha value is -1.54. The molecule has 0 atom stereocenters. The van der Waals surface area contributed by atoms with Gasteiger partial charge in [0.1, 0.15) is 0 Å². The van der Waals surface area contributed by atoms with Crippen molar-refractivity contribution in [2.45, 2.75) is 50.7 Å². The molecule has 0 radical (unpaired) electrons. The van der Waals surface area contributed by atoms with Crippen LogP contribution in [0.25, 0.3) is 11.4 Å². The van der Waals surface area contributed by atoms with Crippen LogP contribution in [-0.4, -0.2) is 26.4 Å². The fraction of sp³-hybridized carbons (Fsp3) is 0.381. The molecule has 0 bridgehead atoms. The molecule has 0 aliphatic heterocycles. The maximum atomic E-state index is 12.5. The molecule has 5 nitrogen and oxygen atoms in total. The Morgan fingerprint density at radius 1 is 1.27 bits per heavy atom. The molecule has 1 aliphatic rings. The quantitative estimate of drug-likeness (QED) is 0.408. The molecule has 4 rings (SSSR count). The van der Waals surface area contributed by atoms with Gasteiger partial charge in [0.25, 0.3) is 0 Å². The van der Waals surface area contributed by atoms with Crippen LogP contribution in [-0.2, 0) is 17.6 Å². The van der Waals surface area contributed by atoms with Gasteiger partial charge < -0.3 is 5.32 Å². The van der Waals surface area contributed by atoms with Gasteiger partial charge in [0.15, 0.2) is 11.0 Å². The number of carbonyl (C=O) groups is 1. The Balaban J connectivity index is 1.51. The second-order valence-corrected chi connectivity index (χ2v) is 10.2. The molecule has 3 aromatic rings. The number of aryl methyl sites for hydroxylation is 1. The van der Waals surface area contributed by atoms with E-state index in [1.54, 1.807) is 18.2 Å². The summed E-state index contributed by atoms with van der Waals surface area (Å²) in [6.07, 6.45) is 4.75. The summed E-state index contributed by atoms with van der Waals surface area (Å²) in [6, 6.07) is 5.18. The van der Waals surface area contributed by atoms with Crippen molar-refractivity contribution in [2.24, 2.45) is 0 Å². The van der Waals surface area contributed by atoms with Crippen LogP contribution >= 0.6 is 46.3 Å². The van der Waals surface area contributed by atoms with E-state index in [9.17, 15) is 4.79 Å². The van der Waals surface area contributed by atoms with Crippen LogP contribution in [0.4, 0.5) is 5.69 Å². The lowest BCUT2D eigenvalue weighted by Crippen LogP contribution is -2.15. The number of thioether (sulfide) groups is 1. The largest absolute Gasteiger partial charge is 0.324 e. The predicted molar refractivity (Wildman–Crippen MR) is 126 cm³/mol. The van der Waals surface area contributed by atoms with Crippen LogP contribution in [0.5, 0.6) is 0 Å². The third-order valence-corrected chi connectivity index (χ3v) is 7.60. The average molecular weight is 481 g/mol. The molecule has 2 heterocycles. The van der Waals surface area contributed by atoms with Gasteiger partial charge in [0, 0.05) is 26.9 Å². The Bertz CT molecular complexity index is 1080. The molecular weight excluding hydrogens is 459 g/mol. The van der Waals surface area contributed by atoms with E-state index in [-0.39, 0.29) is 17.7 Å². The highest BCUT2D eigenvalue weighted by Crippen LogP contribution is 2.38. The maximum Gasteiger partial charge on any atom is 0.234 e. The summed E-state index contributed by atoms with van der Waals surface area (Å²) in [4.78, 5) is 13.9. The zero-order valence-corrected chi connectivity index (χ0v) is 19.9. The summed E-state index contributed by atoms with van der Waals surface area (Å²) in [6.45, 7) is 4.23. The Morgan fingerprint density at radius 3 is 2.83 bits per heavy atom. The normalized spacial score (nSPS) is 13.5. The number of halogens is 2. The van der Waals surface area contributed by atoms with Crippen molar-refractivity contribution in [1.82, 2.24) is 14.8 Å². The number of nitrogens with one attached hydrogen (secondary N) is 1. The molecule has 9 heteroatoms. The zero-order chi connectivity index (χ0) is 21.3. The monoisotopic (exact) mass is 480 g/mol. The van der Waals surface area contributed by atoms with Gasteiger partial charge in [-0.15, -0.1) is 21.5 Å². The summed E-state index contributed by atoms with van der Waals surface area (Å²) in [5.74, 6) is 0.955. The summed E-state index contributed by atoms with van der Waals surface area (Å²) in [7, 11) is 0. The number of fused-ring (bicyclic) bond motifs is 1. The number of carbonyl (C=O) groups excluding carboxylic acids is 1. The number of thiophene rings is 1. The van der Waals surface area contributed by atoms with Crippen molar-refractivity contribution in [3.63, 3.8) is 0 Å². The van der Waals surface area contributed by atoms with Crippen LogP contribution in [0, 0.1) is 0 Å². The minimum atomic E-state index is -0.156. The van der Waals surface area contributed by atoms with E-state index >= 15 is 0 Å². The highest BCUT2D eigenvalue weighted by molar-refractivity contribution is 7.99. The zero-order valence-electron chi connectivity index (χ0n) is 16.7. The molecule has 2 aromatic heterocycles. The summed E-state index contributed by atoms with van der Waals surface area (Å²) >= 11 is 15.3. The number of hydrogen-bond donors (Lipinski definition) is 1. The number of rotatable bonds is 6. The third kappa shape index (κ3) is 4.54. The molecule has 1 aliphatic carbocycles. The SMILES string of the molecule is CC(C)n1c(SCC(=O)Nc2ccc(Cl)cc2Cl)nnc1-c1csc2c1CCCC2. The number of nitrogens with zero attached hydrogens (tertiary/aromatic N) is 3. The highest BCUT2D eigenvalue weighted by atomic mass is 35.5. The van der Waals surface area contributed by atoms with Gasteiger partial charge in [-0.25, -0.2) is 0 Å². The Labute approximate surface area is 194 Å². The molecule has 0 spiro atoms. The van der Waals surface area contributed by atoms with Gasteiger partial charge in [-0.1, -0.05) is 35.0 Å². The maximum absolute atomic E-state index is 12.5. The van der Waals surface area contributed by atoms with Gasteiger partial charge in [-0.3, -0.25) is 9.36 Å². The van der Waals surface area contributed by atoms with Crippen LogP contribution < -0.4 is 5.32 Å². The number of benzene rings is 1. The second-order valence-electron chi connectivity index (χ2n) is 7.49. The van der Waals surface area contributed by atoms with Crippen LogP contribution in [0.2, 0.25) is 10.0 Å². The number of hydrogen-bond acceptors (Lipinski definition) is 5. The summed E-state index contributed by atoms with van der Waals surface area (Å²) in [5, 5.41) is 15.6. The lowest BCUT2D eigenvalue weighted by molar-refractivity contribution is -0.113. The number of aromatic nitrogens is 3. The fourth-order valence-corrected chi connectivity index (χ4v) is 6.06. The first-order valence-corrected chi connectivity index (χ1v) is 12.5. The Morgan fingerprint density at radius 2 is 2.07 bits per heavy atom. The van der Waals surface area contributed by atoms with Crippen molar-refractivity contribution in [3.8, 4) is 11.4 Å². The molecule has 30 heavy (non-hydrogen) atoms. The standard InChI is InChI=1S/C21H22Cl2N4OS2/c1-12(2)27-20(15-10-29-18-6-4-3-5-14(15)18)25-26-21(27)30-11-19(28)24-17-8-7-13(22)9-16(17)23/h7-10,12H,3-6,11H2,1-2H3,(H,24,28).